The second kappa shape index (κ2) is 5.64. The molecule has 0 nitrogen and oxygen atoms in total. The molecular formula is C8H11Cl2Si. The van der Waals surface area contributed by atoms with Gasteiger partial charge in [0.25, 0.3) is 0 Å². The highest BCUT2D eigenvalue weighted by Crippen LogP contribution is 1.99. The SMILES string of the molecule is Cc1cccc([Si])c1C.Cl.Cl. The number of aryl methyl sites for hydroxylation is 1. The van der Waals surface area contributed by atoms with Gasteiger partial charge in [0.15, 0.2) is 0 Å². The largest absolute Gasteiger partial charge is 0.147 e. The van der Waals surface area contributed by atoms with Crippen LogP contribution in [-0.4, -0.2) is 10.2 Å². The lowest BCUT2D eigenvalue weighted by Gasteiger charge is -2.00. The van der Waals surface area contributed by atoms with Gasteiger partial charge in [0, 0.05) is 0 Å². The second-order valence-corrected chi connectivity index (χ2v) is 2.79. The molecule has 0 amide bonds. The Hall–Kier alpha value is 0.0169. The van der Waals surface area contributed by atoms with Crippen LogP contribution in [0.1, 0.15) is 11.1 Å². The topological polar surface area (TPSA) is 0 Å². The van der Waals surface area contributed by atoms with Crippen molar-refractivity contribution in [2.75, 3.05) is 0 Å². The summed E-state index contributed by atoms with van der Waals surface area (Å²) in [6, 6.07) is 6.21. The number of hydrogen-bond acceptors (Lipinski definition) is 0. The highest BCUT2D eigenvalue weighted by molar-refractivity contribution is 6.33. The number of hydrogen-bond donors (Lipinski definition) is 0. The van der Waals surface area contributed by atoms with Crippen molar-refractivity contribution in [3.05, 3.63) is 29.3 Å². The zero-order valence-corrected chi connectivity index (χ0v) is 9.18. The Morgan fingerprint density at radius 3 is 2.00 bits per heavy atom. The lowest BCUT2D eigenvalue weighted by molar-refractivity contribution is 1.37. The summed E-state index contributed by atoms with van der Waals surface area (Å²) in [4.78, 5) is 0. The van der Waals surface area contributed by atoms with E-state index in [1.54, 1.807) is 0 Å². The van der Waals surface area contributed by atoms with Crippen LogP contribution in [0.25, 0.3) is 0 Å². The van der Waals surface area contributed by atoms with Crippen LogP contribution in [0.5, 0.6) is 0 Å². The van der Waals surface area contributed by atoms with Crippen LogP contribution >= 0.6 is 24.8 Å². The molecule has 3 radical (unpaired) electrons. The monoisotopic (exact) mass is 205 g/mol. The predicted octanol–water partition coefficient (Wildman–Crippen LogP) is 1.94. The first-order valence-electron chi connectivity index (χ1n) is 2.99. The van der Waals surface area contributed by atoms with Crippen LogP contribution in [0.15, 0.2) is 18.2 Å². The predicted molar refractivity (Wildman–Crippen MR) is 55.8 cm³/mol. The van der Waals surface area contributed by atoms with E-state index < -0.39 is 0 Å². The van der Waals surface area contributed by atoms with Crippen LogP contribution in [0.4, 0.5) is 0 Å². The maximum Gasteiger partial charge on any atom is 0.0715 e. The zero-order valence-electron chi connectivity index (χ0n) is 6.55. The minimum Gasteiger partial charge on any atom is -0.147 e. The first-order valence-corrected chi connectivity index (χ1v) is 3.49. The van der Waals surface area contributed by atoms with E-state index in [2.05, 4.69) is 36.2 Å². The van der Waals surface area contributed by atoms with Gasteiger partial charge in [-0.25, -0.2) is 0 Å². The molecule has 0 N–H and O–H groups in total. The van der Waals surface area contributed by atoms with Crippen LogP contribution < -0.4 is 5.19 Å². The van der Waals surface area contributed by atoms with Crippen molar-refractivity contribution in [1.29, 1.82) is 0 Å². The zero-order chi connectivity index (χ0) is 6.85. The van der Waals surface area contributed by atoms with Crippen molar-refractivity contribution in [3.63, 3.8) is 0 Å². The molecule has 3 heteroatoms. The van der Waals surface area contributed by atoms with Crippen molar-refractivity contribution in [3.8, 4) is 0 Å². The number of rotatable bonds is 0. The third-order valence-electron chi connectivity index (χ3n) is 1.60. The molecule has 0 aliphatic rings. The van der Waals surface area contributed by atoms with E-state index in [9.17, 15) is 0 Å². The lowest BCUT2D eigenvalue weighted by Crippen LogP contribution is -2.07. The number of benzene rings is 1. The fraction of sp³-hybridized carbons (Fsp3) is 0.250. The summed E-state index contributed by atoms with van der Waals surface area (Å²) in [5.74, 6) is 0. The average Bonchev–Trinajstić information content (AvgIpc) is 1.83. The van der Waals surface area contributed by atoms with Gasteiger partial charge in [0.1, 0.15) is 0 Å². The number of halogens is 2. The fourth-order valence-corrected chi connectivity index (χ4v) is 1.04. The molecule has 11 heavy (non-hydrogen) atoms. The van der Waals surface area contributed by atoms with Crippen LogP contribution in [-0.2, 0) is 0 Å². The highest BCUT2D eigenvalue weighted by Gasteiger charge is 1.91. The molecule has 0 saturated carbocycles. The van der Waals surface area contributed by atoms with Gasteiger partial charge in [0.2, 0.25) is 0 Å². The molecule has 0 fully saturated rings. The van der Waals surface area contributed by atoms with Gasteiger partial charge in [0.05, 0.1) is 10.2 Å². The first-order chi connectivity index (χ1) is 4.22. The second-order valence-electron chi connectivity index (χ2n) is 2.25. The van der Waals surface area contributed by atoms with Crippen molar-refractivity contribution in [2.45, 2.75) is 13.8 Å². The van der Waals surface area contributed by atoms with E-state index >= 15 is 0 Å². The molecule has 1 aromatic rings. The molecule has 0 saturated heterocycles. The van der Waals surface area contributed by atoms with Gasteiger partial charge < -0.3 is 0 Å². The third-order valence-corrected chi connectivity index (χ3v) is 2.15. The molecule has 0 aliphatic heterocycles. The Morgan fingerprint density at radius 1 is 1.09 bits per heavy atom. The van der Waals surface area contributed by atoms with Crippen molar-refractivity contribution in [1.82, 2.24) is 0 Å². The minimum atomic E-state index is 0. The summed E-state index contributed by atoms with van der Waals surface area (Å²) in [7, 11) is 3.49. The van der Waals surface area contributed by atoms with Gasteiger partial charge in [-0.05, 0) is 25.0 Å². The van der Waals surface area contributed by atoms with Crippen LogP contribution in [0, 0.1) is 13.8 Å². The standard InChI is InChI=1S/C8H9Si.2ClH/c1-6-4-3-5-8(9)7(6)2;;/h3-5H,1-2H3;2*1H. The Kier molecular flexibility index (Phi) is 6.97. The van der Waals surface area contributed by atoms with Crippen molar-refractivity contribution < 1.29 is 0 Å². The molecule has 0 bridgehead atoms. The smallest absolute Gasteiger partial charge is 0.0715 e. The summed E-state index contributed by atoms with van der Waals surface area (Å²) in [5, 5.41) is 1.19. The molecule has 1 rings (SSSR count). The summed E-state index contributed by atoms with van der Waals surface area (Å²) < 4.78 is 0. The lowest BCUT2D eigenvalue weighted by atomic mass is 10.1. The Bertz CT molecular complexity index is 203. The molecule has 1 aromatic carbocycles. The molecule has 0 unspecified atom stereocenters. The van der Waals surface area contributed by atoms with Gasteiger partial charge in [-0.3, -0.25) is 0 Å². The first kappa shape index (κ1) is 13.6. The van der Waals surface area contributed by atoms with Gasteiger partial charge in [-0.1, -0.05) is 23.4 Å². The van der Waals surface area contributed by atoms with Gasteiger partial charge in [-0.2, -0.15) is 0 Å². The Morgan fingerprint density at radius 2 is 1.64 bits per heavy atom. The maximum atomic E-state index is 3.49. The maximum absolute atomic E-state index is 3.49. The van der Waals surface area contributed by atoms with E-state index in [0.29, 0.717) is 0 Å². The molecule has 0 atom stereocenters. The quantitative estimate of drug-likeness (QED) is 0.569. The van der Waals surface area contributed by atoms with Crippen LogP contribution in [0.2, 0.25) is 0 Å². The van der Waals surface area contributed by atoms with E-state index in [0.717, 1.165) is 0 Å². The Labute approximate surface area is 83.6 Å². The third kappa shape index (κ3) is 3.28. The molecule has 61 valence electrons. The molecule has 0 aliphatic carbocycles. The molecule has 0 aromatic heterocycles. The summed E-state index contributed by atoms with van der Waals surface area (Å²) in [6.07, 6.45) is 0. The van der Waals surface area contributed by atoms with E-state index in [1.165, 1.54) is 16.3 Å². The fourth-order valence-electron chi connectivity index (χ4n) is 0.751. The highest BCUT2D eigenvalue weighted by atomic mass is 35.5. The average molecular weight is 206 g/mol. The van der Waals surface area contributed by atoms with Crippen molar-refractivity contribution in [2.24, 2.45) is 0 Å². The normalized spacial score (nSPS) is 7.91. The summed E-state index contributed by atoms with van der Waals surface area (Å²) >= 11 is 0. The van der Waals surface area contributed by atoms with E-state index in [-0.39, 0.29) is 24.8 Å². The van der Waals surface area contributed by atoms with Crippen LogP contribution in [0.3, 0.4) is 0 Å². The van der Waals surface area contributed by atoms with E-state index in [4.69, 9.17) is 0 Å². The summed E-state index contributed by atoms with van der Waals surface area (Å²) in [5.41, 5.74) is 2.66. The molecule has 0 heterocycles. The summed E-state index contributed by atoms with van der Waals surface area (Å²) in [6.45, 7) is 4.22. The molecular weight excluding hydrogens is 195 g/mol. The van der Waals surface area contributed by atoms with Gasteiger partial charge >= 0.3 is 0 Å². The van der Waals surface area contributed by atoms with Crippen molar-refractivity contribution >= 4 is 40.2 Å². The Balaban J connectivity index is 0. The van der Waals surface area contributed by atoms with Gasteiger partial charge in [-0.15, -0.1) is 24.8 Å². The molecule has 0 spiro atoms. The minimum absolute atomic E-state index is 0. The van der Waals surface area contributed by atoms with E-state index in [1.807, 2.05) is 6.07 Å².